The number of aliphatic hydroxyl groups excluding tert-OH is 3. The summed E-state index contributed by atoms with van der Waals surface area (Å²) in [5.74, 6) is -3.69. The topological polar surface area (TPSA) is 303 Å². The van der Waals surface area contributed by atoms with Crippen LogP contribution in [0, 0.1) is 0 Å². The summed E-state index contributed by atoms with van der Waals surface area (Å²) >= 11 is 0. The highest BCUT2D eigenvalue weighted by Crippen LogP contribution is 2.45. The van der Waals surface area contributed by atoms with Gasteiger partial charge in [0.1, 0.15) is 35.6 Å². The first-order chi connectivity index (χ1) is 28.7. The summed E-state index contributed by atoms with van der Waals surface area (Å²) in [5, 5.41) is 44.6. The van der Waals surface area contributed by atoms with Gasteiger partial charge in [0.25, 0.3) is 0 Å². The maximum absolute atomic E-state index is 14.9. The Morgan fingerprint density at radius 2 is 1.65 bits per heavy atom. The van der Waals surface area contributed by atoms with Crippen LogP contribution in [0.2, 0.25) is 0 Å². The van der Waals surface area contributed by atoms with Crippen LogP contribution in [0.3, 0.4) is 0 Å². The van der Waals surface area contributed by atoms with E-state index in [1.54, 1.807) is 48.5 Å². The normalized spacial score (nSPS) is 19.8. The predicted octanol–water partition coefficient (Wildman–Crippen LogP) is 1.58. The minimum absolute atomic E-state index is 0.0366. The van der Waals surface area contributed by atoms with Crippen LogP contribution < -0.4 is 32.4 Å². The zero-order valence-electron chi connectivity index (χ0n) is 32.6. The summed E-state index contributed by atoms with van der Waals surface area (Å²) < 4.78 is 23.7. The Labute approximate surface area is 343 Å². The zero-order chi connectivity index (χ0) is 43.4. The molecule has 60 heavy (non-hydrogen) atoms. The van der Waals surface area contributed by atoms with E-state index in [-0.39, 0.29) is 81.5 Å². The Morgan fingerprint density at radius 3 is 2.30 bits per heavy atom. The number of rotatable bonds is 14. The molecule has 0 amide bonds. The molecule has 314 valence electrons. The molecule has 1 aliphatic carbocycles. The van der Waals surface area contributed by atoms with Gasteiger partial charge in [0, 0.05) is 46.7 Å². The number of carbonyl (C=O) groups is 4. The number of guanidine groups is 1. The molecule has 4 aromatic rings. The summed E-state index contributed by atoms with van der Waals surface area (Å²) in [6.07, 6.45) is -4.63. The van der Waals surface area contributed by atoms with Crippen molar-refractivity contribution in [3.63, 3.8) is 0 Å². The van der Waals surface area contributed by atoms with Gasteiger partial charge in [0.05, 0.1) is 37.6 Å². The highest BCUT2D eigenvalue weighted by molar-refractivity contribution is 6.31. The van der Waals surface area contributed by atoms with Gasteiger partial charge in [-0.1, -0.05) is 54.6 Å². The Morgan fingerprint density at radius 1 is 0.917 bits per heavy atom. The molecular weight excluding hydrogens is 778 g/mol. The van der Waals surface area contributed by atoms with Gasteiger partial charge < -0.3 is 62.3 Å². The molecule has 0 unspecified atom stereocenters. The van der Waals surface area contributed by atoms with Crippen molar-refractivity contribution in [2.45, 2.75) is 63.7 Å². The van der Waals surface area contributed by atoms with Gasteiger partial charge in [0.2, 0.25) is 6.29 Å². The summed E-state index contributed by atoms with van der Waals surface area (Å²) in [7, 11) is 0. The number of nitrogens with zero attached hydrogens (tertiary/aromatic N) is 1. The fourth-order valence-electron chi connectivity index (χ4n) is 7.30. The molecule has 0 radical (unpaired) electrons. The molecule has 0 aromatic heterocycles. The average Bonchev–Trinajstić information content (AvgIpc) is 3.21. The molecule has 1 fully saturated rings. The molecule has 4 aromatic carbocycles. The summed E-state index contributed by atoms with van der Waals surface area (Å²) in [5.41, 5.74) is 22.8. The number of ketones is 2. The molecule has 17 nitrogen and oxygen atoms in total. The number of carbonyl (C=O) groups excluding carboxylic acids is 4. The molecule has 1 heterocycles. The Bertz CT molecular complexity index is 2380. The first-order valence-electron chi connectivity index (χ1n) is 18.8. The lowest BCUT2D eigenvalue weighted by Crippen LogP contribution is -2.59. The van der Waals surface area contributed by atoms with Crippen LogP contribution in [0.4, 0.5) is 0 Å². The SMILES string of the molecule is CC(=O)Oc1cc(CO)c2c(c1/C=C\c1ccccc1)C(=O)c1cc(O[C@H]3O[C@@H](C)[C@@H](O)[C@@H](O)[C@H]3OCCN=C(N)N)c(Cc3cccc(C(N)N)c3C=O)c(O)c1C2=O. The van der Waals surface area contributed by atoms with E-state index in [4.69, 9.17) is 41.9 Å². The van der Waals surface area contributed by atoms with E-state index in [1.165, 1.54) is 25.1 Å². The smallest absolute Gasteiger partial charge is 0.308 e. The lowest BCUT2D eigenvalue weighted by Gasteiger charge is -2.41. The molecule has 12 N–H and O–H groups in total. The lowest BCUT2D eigenvalue weighted by atomic mass is 9.77. The van der Waals surface area contributed by atoms with Gasteiger partial charge in [-0.2, -0.15) is 0 Å². The maximum atomic E-state index is 14.9. The molecule has 17 heteroatoms. The number of hydrogen-bond donors (Lipinski definition) is 8. The number of fused-ring (bicyclic) bond motifs is 2. The third-order valence-electron chi connectivity index (χ3n) is 10.2. The molecule has 2 aliphatic rings. The van der Waals surface area contributed by atoms with Crippen molar-refractivity contribution in [2.24, 2.45) is 27.9 Å². The predicted molar refractivity (Wildman–Crippen MR) is 217 cm³/mol. The van der Waals surface area contributed by atoms with E-state index in [0.29, 0.717) is 17.4 Å². The minimum atomic E-state index is -1.58. The lowest BCUT2D eigenvalue weighted by molar-refractivity contribution is -0.278. The molecule has 0 saturated carbocycles. The second-order valence-corrected chi connectivity index (χ2v) is 14.2. The Balaban J connectivity index is 1.57. The van der Waals surface area contributed by atoms with E-state index in [1.807, 2.05) is 6.07 Å². The summed E-state index contributed by atoms with van der Waals surface area (Å²) in [4.78, 5) is 58.3. The number of aliphatic imine (C=N–C) groups is 1. The van der Waals surface area contributed by atoms with Crippen molar-refractivity contribution in [3.05, 3.63) is 122 Å². The molecular formula is C43H45N5O12. The van der Waals surface area contributed by atoms with Crippen LogP contribution in [0.25, 0.3) is 12.2 Å². The van der Waals surface area contributed by atoms with Gasteiger partial charge in [-0.05, 0) is 47.4 Å². The standard InChI is InChI=1S/C43H45N5O12/c1-20-35(52)39(56)40(57-14-13-48-43(46)47)42(58-20)60-31-17-28-34(36(53)27(31)15-23-9-6-10-25(41(44)45)29(23)19-50)38(55)32-24(18-49)16-30(59-21(2)51)26(33(32)37(28)54)12-11-22-7-4-3-5-8-22/h3-12,16-17,19-20,35,39-42,49,52-53,56H,13-15,18,44-45H2,1-2H3,(H4,46,47,48)/b12-11-/t20-,35+,39+,40+,42+/m0/s1. The third kappa shape index (κ3) is 8.68. The van der Waals surface area contributed by atoms with Crippen LogP contribution in [0.5, 0.6) is 17.2 Å². The highest BCUT2D eigenvalue weighted by Gasteiger charge is 2.46. The first kappa shape index (κ1) is 43.3. The minimum Gasteiger partial charge on any atom is -0.507 e. The van der Waals surface area contributed by atoms with Gasteiger partial charge in [-0.15, -0.1) is 0 Å². The second-order valence-electron chi connectivity index (χ2n) is 14.2. The first-order valence-corrected chi connectivity index (χ1v) is 18.8. The van der Waals surface area contributed by atoms with Crippen molar-refractivity contribution >= 4 is 41.9 Å². The average molecular weight is 824 g/mol. The van der Waals surface area contributed by atoms with Crippen LogP contribution >= 0.6 is 0 Å². The molecule has 1 aliphatic heterocycles. The van der Waals surface area contributed by atoms with Crippen LogP contribution in [-0.2, 0) is 27.3 Å². The Hall–Kier alpha value is -6.31. The van der Waals surface area contributed by atoms with E-state index >= 15 is 0 Å². The Kier molecular flexibility index (Phi) is 13.2. The highest BCUT2D eigenvalue weighted by atomic mass is 16.7. The number of esters is 1. The quantitative estimate of drug-likeness (QED) is 0.0115. The van der Waals surface area contributed by atoms with Gasteiger partial charge in [-0.3, -0.25) is 24.2 Å². The molecule has 1 saturated heterocycles. The fourth-order valence-corrected chi connectivity index (χ4v) is 7.30. The van der Waals surface area contributed by atoms with E-state index < -0.39 is 72.3 Å². The summed E-state index contributed by atoms with van der Waals surface area (Å²) in [6.45, 7) is 1.68. The van der Waals surface area contributed by atoms with Crippen LogP contribution in [-0.4, -0.2) is 94.1 Å². The van der Waals surface area contributed by atoms with Crippen molar-refractivity contribution < 1.29 is 58.6 Å². The fraction of sp³-hybridized carbons (Fsp3) is 0.279. The van der Waals surface area contributed by atoms with Crippen LogP contribution in [0.15, 0.2) is 65.7 Å². The number of ether oxygens (including phenoxy) is 4. The van der Waals surface area contributed by atoms with Crippen molar-refractivity contribution in [3.8, 4) is 17.2 Å². The molecule has 5 atom stereocenters. The van der Waals surface area contributed by atoms with Crippen molar-refractivity contribution in [2.75, 3.05) is 13.2 Å². The van der Waals surface area contributed by atoms with E-state index in [2.05, 4.69) is 4.99 Å². The number of aliphatic hydroxyl groups is 3. The van der Waals surface area contributed by atoms with Crippen molar-refractivity contribution in [1.82, 2.24) is 0 Å². The molecule has 0 bridgehead atoms. The van der Waals surface area contributed by atoms with Gasteiger partial charge in [0.15, 0.2) is 23.8 Å². The number of hydrogen-bond acceptors (Lipinski definition) is 15. The van der Waals surface area contributed by atoms with Gasteiger partial charge in [-0.25, -0.2) is 0 Å². The monoisotopic (exact) mass is 823 g/mol. The number of phenols is 1. The van der Waals surface area contributed by atoms with Gasteiger partial charge >= 0.3 is 5.97 Å². The van der Waals surface area contributed by atoms with Crippen LogP contribution in [0.1, 0.15) is 95.6 Å². The van der Waals surface area contributed by atoms with E-state index in [0.717, 1.165) is 6.92 Å². The number of benzene rings is 4. The summed E-state index contributed by atoms with van der Waals surface area (Å²) in [6, 6.07) is 16.2. The number of aromatic hydroxyl groups is 1. The number of phenolic OH excluding ortho intramolecular Hbond substituents is 1. The molecule has 0 spiro atoms. The largest absolute Gasteiger partial charge is 0.507 e. The molecule has 6 rings (SSSR count). The van der Waals surface area contributed by atoms with Crippen molar-refractivity contribution in [1.29, 1.82) is 0 Å². The van der Waals surface area contributed by atoms with E-state index in [9.17, 15) is 39.6 Å². The zero-order valence-corrected chi connectivity index (χ0v) is 32.6. The second kappa shape index (κ2) is 18.3. The maximum Gasteiger partial charge on any atom is 0.308 e. The number of aldehydes is 1. The third-order valence-corrected chi connectivity index (χ3v) is 10.2. The number of nitrogens with two attached hydrogens (primary N) is 4.